The van der Waals surface area contributed by atoms with Crippen molar-refractivity contribution in [2.45, 2.75) is 12.7 Å². The van der Waals surface area contributed by atoms with Gasteiger partial charge >= 0.3 is 0 Å². The van der Waals surface area contributed by atoms with Crippen molar-refractivity contribution in [2.24, 2.45) is 0 Å². The molecule has 2 aliphatic heterocycles. The Balaban J connectivity index is 1.54. The van der Waals surface area contributed by atoms with Gasteiger partial charge in [-0.05, 0) is 37.3 Å². The summed E-state index contributed by atoms with van der Waals surface area (Å²) in [6.45, 7) is 3.38. The zero-order valence-electron chi connectivity index (χ0n) is 14.1. The van der Waals surface area contributed by atoms with E-state index in [1.807, 2.05) is 25.1 Å². The highest BCUT2D eigenvalue weighted by Crippen LogP contribution is 2.45. The normalized spacial score (nSPS) is 17.8. The molecule has 2 aromatic rings. The quantitative estimate of drug-likeness (QED) is 0.789. The molecule has 4 rings (SSSR count). The molecule has 0 N–H and O–H groups in total. The average molecular weight is 394 g/mol. The van der Waals surface area contributed by atoms with E-state index >= 15 is 0 Å². The number of ether oxygens (including phenoxy) is 3. The van der Waals surface area contributed by atoms with Crippen molar-refractivity contribution in [3.05, 3.63) is 57.6 Å². The van der Waals surface area contributed by atoms with Crippen molar-refractivity contribution in [3.8, 4) is 5.75 Å². The minimum atomic E-state index is -1.32. The monoisotopic (exact) mass is 393 g/mol. The van der Waals surface area contributed by atoms with Crippen molar-refractivity contribution < 1.29 is 19.0 Å². The third-order valence-corrected chi connectivity index (χ3v) is 5.01. The van der Waals surface area contributed by atoms with Crippen LogP contribution in [-0.4, -0.2) is 32.3 Å². The number of amides is 1. The van der Waals surface area contributed by atoms with E-state index in [0.717, 1.165) is 16.8 Å². The highest BCUT2D eigenvalue weighted by atomic mass is 35.5. The fraction of sp³-hybridized carbons (Fsp3) is 0.316. The molecule has 5 nitrogen and oxygen atoms in total. The summed E-state index contributed by atoms with van der Waals surface area (Å²) >= 11 is 12.0. The molecule has 1 saturated heterocycles. The minimum Gasteiger partial charge on any atom is -0.490 e. The molecule has 26 heavy (non-hydrogen) atoms. The number of carbonyl (C=O) groups is 1. The van der Waals surface area contributed by atoms with E-state index < -0.39 is 5.79 Å². The predicted octanol–water partition coefficient (Wildman–Crippen LogP) is 3.93. The molecule has 0 atom stereocenters. The maximum atomic E-state index is 13.0. The van der Waals surface area contributed by atoms with E-state index in [1.54, 1.807) is 23.1 Å². The van der Waals surface area contributed by atoms with Gasteiger partial charge in [0.1, 0.15) is 12.4 Å². The first kappa shape index (κ1) is 17.6. The first-order chi connectivity index (χ1) is 12.5. The summed E-state index contributed by atoms with van der Waals surface area (Å²) in [6.07, 6.45) is 0. The third-order valence-electron chi connectivity index (χ3n) is 4.48. The number of aryl methyl sites for hydroxylation is 1. The molecule has 2 heterocycles. The van der Waals surface area contributed by atoms with Crippen molar-refractivity contribution >= 4 is 34.8 Å². The molecule has 0 saturated carbocycles. The molecule has 0 radical (unpaired) electrons. The molecular weight excluding hydrogens is 377 g/mol. The number of rotatable bonds is 4. The summed E-state index contributed by atoms with van der Waals surface area (Å²) in [6, 6.07) is 10.8. The fourth-order valence-corrected chi connectivity index (χ4v) is 3.77. The van der Waals surface area contributed by atoms with Gasteiger partial charge in [-0.3, -0.25) is 4.79 Å². The molecular formula is C19H17Cl2NO4. The van der Waals surface area contributed by atoms with Crippen molar-refractivity contribution in [2.75, 3.05) is 31.3 Å². The maximum Gasteiger partial charge on any atom is 0.292 e. The predicted molar refractivity (Wildman–Crippen MR) is 99.1 cm³/mol. The second kappa shape index (κ2) is 6.74. The Morgan fingerprint density at radius 2 is 1.92 bits per heavy atom. The highest BCUT2D eigenvalue weighted by molar-refractivity contribution is 6.35. The molecule has 0 bridgehead atoms. The SMILES string of the molecule is Cc1ccc2c(c1)C1(OCCO1)C(=O)N2CCOc1ccc(Cl)cc1Cl. The van der Waals surface area contributed by atoms with Crippen molar-refractivity contribution in [3.63, 3.8) is 0 Å². The first-order valence-corrected chi connectivity index (χ1v) is 9.06. The molecule has 7 heteroatoms. The molecule has 1 amide bonds. The van der Waals surface area contributed by atoms with Gasteiger partial charge in [-0.1, -0.05) is 34.8 Å². The van der Waals surface area contributed by atoms with Crippen molar-refractivity contribution in [1.29, 1.82) is 0 Å². The lowest BCUT2D eigenvalue weighted by Crippen LogP contribution is -2.42. The van der Waals surface area contributed by atoms with Crippen LogP contribution in [0.15, 0.2) is 36.4 Å². The number of carbonyl (C=O) groups excluding carboxylic acids is 1. The van der Waals surface area contributed by atoms with Gasteiger partial charge in [-0.15, -0.1) is 0 Å². The van der Waals surface area contributed by atoms with E-state index in [-0.39, 0.29) is 12.5 Å². The lowest BCUT2D eigenvalue weighted by Gasteiger charge is -2.22. The Morgan fingerprint density at radius 1 is 1.15 bits per heavy atom. The molecule has 136 valence electrons. The summed E-state index contributed by atoms with van der Waals surface area (Å²) < 4.78 is 17.2. The van der Waals surface area contributed by atoms with Gasteiger partial charge in [0.05, 0.1) is 30.5 Å². The van der Waals surface area contributed by atoms with Gasteiger partial charge in [0.25, 0.3) is 11.7 Å². The van der Waals surface area contributed by atoms with Crippen LogP contribution in [-0.2, 0) is 20.1 Å². The van der Waals surface area contributed by atoms with Crippen LogP contribution in [0.3, 0.4) is 0 Å². The van der Waals surface area contributed by atoms with Gasteiger partial charge in [0, 0.05) is 10.6 Å². The van der Waals surface area contributed by atoms with Crippen LogP contribution in [0.1, 0.15) is 11.1 Å². The van der Waals surface area contributed by atoms with Crippen LogP contribution in [0.5, 0.6) is 5.75 Å². The molecule has 2 aromatic carbocycles. The zero-order valence-corrected chi connectivity index (χ0v) is 15.6. The zero-order chi connectivity index (χ0) is 18.3. The summed E-state index contributed by atoms with van der Waals surface area (Å²) in [5.41, 5.74) is 2.58. The van der Waals surface area contributed by atoms with Crippen LogP contribution in [0.25, 0.3) is 0 Å². The van der Waals surface area contributed by atoms with Gasteiger partial charge in [0.15, 0.2) is 0 Å². The number of hydrogen-bond donors (Lipinski definition) is 0. The second-order valence-corrected chi connectivity index (χ2v) is 7.06. The van der Waals surface area contributed by atoms with Crippen LogP contribution < -0.4 is 9.64 Å². The molecule has 1 fully saturated rings. The standard InChI is InChI=1S/C19H17Cl2NO4/c1-12-2-4-16-14(10-12)19(25-8-9-26-19)18(23)22(16)6-7-24-17-5-3-13(20)11-15(17)21/h2-5,10-11H,6-9H2,1H3. The number of fused-ring (bicyclic) bond motifs is 2. The number of hydrogen-bond acceptors (Lipinski definition) is 4. The largest absolute Gasteiger partial charge is 0.490 e. The van der Waals surface area contributed by atoms with E-state index in [4.69, 9.17) is 37.4 Å². The van der Waals surface area contributed by atoms with Crippen LogP contribution >= 0.6 is 23.2 Å². The Morgan fingerprint density at radius 3 is 2.65 bits per heavy atom. The Hall–Kier alpha value is -1.79. The van der Waals surface area contributed by atoms with E-state index in [2.05, 4.69) is 0 Å². The molecule has 0 unspecified atom stereocenters. The van der Waals surface area contributed by atoms with Crippen LogP contribution in [0.2, 0.25) is 10.0 Å². The summed E-state index contributed by atoms with van der Waals surface area (Å²) in [5, 5.41) is 0.971. The molecule has 0 aromatic heterocycles. The Labute approximate surface area is 161 Å². The second-order valence-electron chi connectivity index (χ2n) is 6.21. The molecule has 0 aliphatic carbocycles. The number of nitrogens with zero attached hydrogens (tertiary/aromatic N) is 1. The van der Waals surface area contributed by atoms with Crippen LogP contribution in [0, 0.1) is 6.92 Å². The number of anilines is 1. The summed E-state index contributed by atoms with van der Waals surface area (Å²) in [5.74, 6) is -1.02. The van der Waals surface area contributed by atoms with Gasteiger partial charge < -0.3 is 19.1 Å². The van der Waals surface area contributed by atoms with Gasteiger partial charge in [-0.2, -0.15) is 0 Å². The fourth-order valence-electron chi connectivity index (χ4n) is 3.30. The molecule has 1 spiro atoms. The smallest absolute Gasteiger partial charge is 0.292 e. The topological polar surface area (TPSA) is 48.0 Å². The van der Waals surface area contributed by atoms with Gasteiger partial charge in [-0.25, -0.2) is 0 Å². The highest BCUT2D eigenvalue weighted by Gasteiger charge is 2.55. The lowest BCUT2D eigenvalue weighted by atomic mass is 10.0. The Kier molecular flexibility index (Phi) is 4.57. The van der Waals surface area contributed by atoms with E-state index in [1.165, 1.54) is 0 Å². The molecule has 2 aliphatic rings. The van der Waals surface area contributed by atoms with Gasteiger partial charge in [0.2, 0.25) is 0 Å². The average Bonchev–Trinajstić information content (AvgIpc) is 3.18. The van der Waals surface area contributed by atoms with Crippen LogP contribution in [0.4, 0.5) is 5.69 Å². The van der Waals surface area contributed by atoms with E-state index in [0.29, 0.717) is 35.6 Å². The number of halogens is 2. The van der Waals surface area contributed by atoms with Crippen molar-refractivity contribution in [1.82, 2.24) is 0 Å². The Bertz CT molecular complexity index is 865. The third kappa shape index (κ3) is 2.85. The summed E-state index contributed by atoms with van der Waals surface area (Å²) in [7, 11) is 0. The lowest BCUT2D eigenvalue weighted by molar-refractivity contribution is -0.180. The minimum absolute atomic E-state index is 0.221. The maximum absolute atomic E-state index is 13.0. The summed E-state index contributed by atoms with van der Waals surface area (Å²) in [4.78, 5) is 14.7. The van der Waals surface area contributed by atoms with E-state index in [9.17, 15) is 4.79 Å². The number of benzene rings is 2. The first-order valence-electron chi connectivity index (χ1n) is 8.30.